The minimum absolute atomic E-state index is 0.619. The van der Waals surface area contributed by atoms with Crippen LogP contribution in [0.4, 0.5) is 0 Å². The molecule has 0 aromatic rings. The second-order valence-corrected chi connectivity index (χ2v) is 5.45. The third-order valence-corrected chi connectivity index (χ3v) is 3.43. The molecule has 21 heavy (non-hydrogen) atoms. The smallest absolute Gasteiger partial charge is 0.198 e. The molecule has 0 aromatic heterocycles. The van der Waals surface area contributed by atoms with Crippen molar-refractivity contribution in [1.29, 1.82) is 0 Å². The van der Waals surface area contributed by atoms with E-state index in [0.717, 1.165) is 25.7 Å². The summed E-state index contributed by atoms with van der Waals surface area (Å²) in [6, 6.07) is 0. The Bertz CT molecular complexity index is 286. The summed E-state index contributed by atoms with van der Waals surface area (Å²) in [5.41, 5.74) is 0. The lowest BCUT2D eigenvalue weighted by Crippen LogP contribution is -1.81. The summed E-state index contributed by atoms with van der Waals surface area (Å²) in [5, 5.41) is 0. The minimum Gasteiger partial charge on any atom is -0.291 e. The van der Waals surface area contributed by atoms with Gasteiger partial charge in [-0.25, -0.2) is 0 Å². The van der Waals surface area contributed by atoms with Gasteiger partial charge < -0.3 is 0 Å². The Labute approximate surface area is 132 Å². The lowest BCUT2D eigenvalue weighted by molar-refractivity contribution is 0.540. The highest BCUT2D eigenvalue weighted by Gasteiger charge is 1.91. The molecule has 1 radical (unpaired) electrons. The van der Waals surface area contributed by atoms with Gasteiger partial charge in [-0.2, -0.15) is 0 Å². The average molecular weight is 289 g/mol. The van der Waals surface area contributed by atoms with Crippen LogP contribution in [0, 0.1) is 0 Å². The highest BCUT2D eigenvalue weighted by Crippen LogP contribution is 2.09. The molecule has 0 saturated carbocycles. The fourth-order valence-electron chi connectivity index (χ4n) is 2.17. The Kier molecular flexibility index (Phi) is 17.9. The molecular weight excluding hydrogens is 256 g/mol. The van der Waals surface area contributed by atoms with Crippen molar-refractivity contribution in [3.63, 3.8) is 0 Å². The van der Waals surface area contributed by atoms with E-state index in [1.165, 1.54) is 44.9 Å². The van der Waals surface area contributed by atoms with Crippen LogP contribution < -0.4 is 0 Å². The largest absolute Gasteiger partial charge is 0.291 e. The van der Waals surface area contributed by atoms with E-state index in [9.17, 15) is 4.79 Å². The summed E-state index contributed by atoms with van der Waals surface area (Å²) in [6.07, 6.45) is 29.3. The molecule has 0 aliphatic carbocycles. The van der Waals surface area contributed by atoms with Crippen molar-refractivity contribution < 1.29 is 4.79 Å². The molecule has 0 aromatic carbocycles. The van der Waals surface area contributed by atoms with Crippen LogP contribution in [0.25, 0.3) is 0 Å². The number of allylic oxidation sites excluding steroid dienone is 6. The first kappa shape index (κ1) is 19.9. The molecule has 0 unspecified atom stereocenters. The standard InChI is InChI=1S/C20H33O/c1-2-3-4-5-6-7-8-9-10-11-12-13-14-15-16-17-18-19-20-21/h3-4,6-7,9-10H,2,5,8,11-19H2,1H3/b4-3+,7-6+,10-9+. The quantitative estimate of drug-likeness (QED) is 0.249. The zero-order valence-electron chi connectivity index (χ0n) is 13.9. The maximum atomic E-state index is 10.0. The van der Waals surface area contributed by atoms with Crippen LogP contribution in [0.3, 0.4) is 0 Å². The van der Waals surface area contributed by atoms with Crippen LogP contribution in [0.5, 0.6) is 0 Å². The van der Waals surface area contributed by atoms with E-state index in [-0.39, 0.29) is 0 Å². The molecule has 0 rings (SSSR count). The third-order valence-electron chi connectivity index (χ3n) is 3.43. The summed E-state index contributed by atoms with van der Waals surface area (Å²) < 4.78 is 0. The zero-order chi connectivity index (χ0) is 15.4. The maximum Gasteiger partial charge on any atom is 0.198 e. The van der Waals surface area contributed by atoms with E-state index in [4.69, 9.17) is 0 Å². The topological polar surface area (TPSA) is 17.1 Å². The molecule has 119 valence electrons. The van der Waals surface area contributed by atoms with Gasteiger partial charge in [-0.05, 0) is 38.5 Å². The van der Waals surface area contributed by atoms with Gasteiger partial charge >= 0.3 is 0 Å². The van der Waals surface area contributed by atoms with Crippen molar-refractivity contribution in [3.8, 4) is 0 Å². The van der Waals surface area contributed by atoms with Crippen molar-refractivity contribution in [2.24, 2.45) is 0 Å². The minimum atomic E-state index is 0.619. The number of hydrogen-bond donors (Lipinski definition) is 0. The molecule has 0 spiro atoms. The zero-order valence-corrected chi connectivity index (χ0v) is 13.9. The Morgan fingerprint density at radius 3 is 1.81 bits per heavy atom. The molecule has 0 heterocycles. The fourth-order valence-corrected chi connectivity index (χ4v) is 2.17. The molecule has 0 aliphatic heterocycles. The SMILES string of the molecule is CC/C=C/C/C=C/C/C=C/CCCCCCCCC[C]=O. The second-order valence-electron chi connectivity index (χ2n) is 5.45. The molecule has 1 heteroatoms. The van der Waals surface area contributed by atoms with E-state index < -0.39 is 0 Å². The van der Waals surface area contributed by atoms with E-state index in [2.05, 4.69) is 43.4 Å². The Morgan fingerprint density at radius 2 is 1.19 bits per heavy atom. The van der Waals surface area contributed by atoms with Crippen LogP contribution >= 0.6 is 0 Å². The van der Waals surface area contributed by atoms with Gasteiger partial charge in [-0.1, -0.05) is 75.5 Å². The second kappa shape index (κ2) is 18.9. The fraction of sp³-hybridized carbons (Fsp3) is 0.650. The predicted octanol–water partition coefficient (Wildman–Crippen LogP) is 6.47. The van der Waals surface area contributed by atoms with E-state index in [0.29, 0.717) is 6.42 Å². The third kappa shape index (κ3) is 18.9. The van der Waals surface area contributed by atoms with Gasteiger partial charge in [0, 0.05) is 6.42 Å². The number of hydrogen-bond acceptors (Lipinski definition) is 1. The van der Waals surface area contributed by atoms with Gasteiger partial charge in [0.05, 0.1) is 0 Å². The normalized spacial score (nSPS) is 12.0. The summed E-state index contributed by atoms with van der Waals surface area (Å²) in [7, 11) is 0. The average Bonchev–Trinajstić information content (AvgIpc) is 2.50. The summed E-state index contributed by atoms with van der Waals surface area (Å²) >= 11 is 0. The van der Waals surface area contributed by atoms with Crippen molar-refractivity contribution in [2.45, 2.75) is 84.0 Å². The van der Waals surface area contributed by atoms with Crippen molar-refractivity contribution in [2.75, 3.05) is 0 Å². The van der Waals surface area contributed by atoms with Crippen LogP contribution in [0.1, 0.15) is 84.0 Å². The Hall–Kier alpha value is -1.11. The monoisotopic (exact) mass is 289 g/mol. The van der Waals surface area contributed by atoms with E-state index in [1.807, 2.05) is 6.29 Å². The highest BCUT2D eigenvalue weighted by atomic mass is 16.1. The molecule has 0 bridgehead atoms. The Balaban J connectivity index is 3.18. The molecule has 0 saturated heterocycles. The first-order valence-corrected chi connectivity index (χ1v) is 8.71. The number of carbonyl (C=O) groups excluding carboxylic acids is 1. The number of rotatable bonds is 15. The maximum absolute atomic E-state index is 10.0. The summed E-state index contributed by atoms with van der Waals surface area (Å²) in [5.74, 6) is 0. The van der Waals surface area contributed by atoms with Crippen molar-refractivity contribution >= 4 is 6.29 Å². The summed E-state index contributed by atoms with van der Waals surface area (Å²) in [6.45, 7) is 2.16. The summed E-state index contributed by atoms with van der Waals surface area (Å²) in [4.78, 5) is 10.0. The van der Waals surface area contributed by atoms with Crippen molar-refractivity contribution in [1.82, 2.24) is 0 Å². The predicted molar refractivity (Wildman–Crippen MR) is 94.2 cm³/mol. The van der Waals surface area contributed by atoms with Crippen molar-refractivity contribution in [3.05, 3.63) is 36.5 Å². The van der Waals surface area contributed by atoms with Gasteiger partial charge in [0.1, 0.15) is 0 Å². The lowest BCUT2D eigenvalue weighted by Gasteiger charge is -1.99. The van der Waals surface area contributed by atoms with Gasteiger partial charge in [0.2, 0.25) is 0 Å². The van der Waals surface area contributed by atoms with Crippen LogP contribution in [0.15, 0.2) is 36.5 Å². The molecule has 0 fully saturated rings. The van der Waals surface area contributed by atoms with E-state index in [1.54, 1.807) is 0 Å². The molecule has 0 atom stereocenters. The molecular formula is C20H33O. The van der Waals surface area contributed by atoms with E-state index >= 15 is 0 Å². The first-order chi connectivity index (χ1) is 10.4. The highest BCUT2D eigenvalue weighted by molar-refractivity contribution is 5.50. The molecule has 0 aliphatic rings. The van der Waals surface area contributed by atoms with Gasteiger partial charge in [0.25, 0.3) is 0 Å². The lowest BCUT2D eigenvalue weighted by atomic mass is 10.1. The van der Waals surface area contributed by atoms with Crippen LogP contribution in [-0.4, -0.2) is 6.29 Å². The van der Waals surface area contributed by atoms with Crippen LogP contribution in [0.2, 0.25) is 0 Å². The van der Waals surface area contributed by atoms with Gasteiger partial charge in [0.15, 0.2) is 6.29 Å². The molecule has 1 nitrogen and oxygen atoms in total. The van der Waals surface area contributed by atoms with Crippen LogP contribution in [-0.2, 0) is 4.79 Å². The molecule has 0 amide bonds. The van der Waals surface area contributed by atoms with Gasteiger partial charge in [-0.3, -0.25) is 4.79 Å². The Morgan fingerprint density at radius 1 is 0.667 bits per heavy atom. The van der Waals surface area contributed by atoms with Gasteiger partial charge in [-0.15, -0.1) is 0 Å². The number of unbranched alkanes of at least 4 members (excludes halogenated alkanes) is 8. The first-order valence-electron chi connectivity index (χ1n) is 8.71. The molecule has 0 N–H and O–H groups in total.